The molecule has 1 aliphatic rings. The normalized spacial score (nSPS) is 26.1. The van der Waals surface area contributed by atoms with Gasteiger partial charge in [-0.1, -0.05) is 6.08 Å². The van der Waals surface area contributed by atoms with E-state index in [0.29, 0.717) is 12.6 Å². The van der Waals surface area contributed by atoms with Gasteiger partial charge in [0.25, 0.3) is 0 Å². The standard InChI is InChI=1S/C8H8O3/c1-2-6-3-7(4-9)11-8(6)5-10/h2-5,8H,1H3. The van der Waals surface area contributed by atoms with Crippen molar-refractivity contribution in [2.24, 2.45) is 0 Å². The van der Waals surface area contributed by atoms with Crippen molar-refractivity contribution in [1.82, 2.24) is 0 Å². The zero-order valence-electron chi connectivity index (χ0n) is 6.11. The van der Waals surface area contributed by atoms with Crippen LogP contribution in [-0.2, 0) is 14.3 Å². The Balaban J connectivity index is 2.84. The molecule has 0 amide bonds. The van der Waals surface area contributed by atoms with Gasteiger partial charge in [0.05, 0.1) is 0 Å². The van der Waals surface area contributed by atoms with Crippen LogP contribution in [-0.4, -0.2) is 18.7 Å². The second-order valence-electron chi connectivity index (χ2n) is 2.13. The summed E-state index contributed by atoms with van der Waals surface area (Å²) in [5.74, 6) is 0.218. The molecule has 1 atom stereocenters. The number of hydrogen-bond donors (Lipinski definition) is 0. The Morgan fingerprint density at radius 2 is 2.27 bits per heavy atom. The third-order valence-corrected chi connectivity index (χ3v) is 1.47. The lowest BCUT2D eigenvalue weighted by Crippen LogP contribution is -2.09. The summed E-state index contributed by atoms with van der Waals surface area (Å²) in [5, 5.41) is 0. The van der Waals surface area contributed by atoms with Crippen molar-refractivity contribution >= 4 is 12.6 Å². The molecule has 58 valence electrons. The van der Waals surface area contributed by atoms with Gasteiger partial charge in [-0.15, -0.1) is 0 Å². The molecule has 0 saturated heterocycles. The predicted molar refractivity (Wildman–Crippen MR) is 38.8 cm³/mol. The molecule has 1 aliphatic heterocycles. The first-order valence-electron chi connectivity index (χ1n) is 3.27. The molecule has 1 unspecified atom stereocenters. The number of carbonyl (C=O) groups excluding carboxylic acids is 2. The Hall–Kier alpha value is -1.38. The largest absolute Gasteiger partial charge is 0.475 e. The Bertz CT molecular complexity index is 238. The van der Waals surface area contributed by atoms with Crippen LogP contribution in [0.25, 0.3) is 0 Å². The minimum atomic E-state index is -0.583. The van der Waals surface area contributed by atoms with Crippen LogP contribution in [0.2, 0.25) is 0 Å². The van der Waals surface area contributed by atoms with Crippen LogP contribution in [0.5, 0.6) is 0 Å². The zero-order chi connectivity index (χ0) is 8.27. The SMILES string of the molecule is CC=C1C=C(C=O)OC1C=O. The Labute approximate surface area is 64.3 Å². The van der Waals surface area contributed by atoms with Gasteiger partial charge in [-0.2, -0.15) is 0 Å². The van der Waals surface area contributed by atoms with Gasteiger partial charge >= 0.3 is 0 Å². The topological polar surface area (TPSA) is 43.4 Å². The lowest BCUT2D eigenvalue weighted by atomic mass is 10.1. The number of ether oxygens (including phenoxy) is 1. The molecule has 0 aliphatic carbocycles. The van der Waals surface area contributed by atoms with E-state index in [1.54, 1.807) is 19.1 Å². The monoisotopic (exact) mass is 152 g/mol. The number of allylic oxidation sites excluding steroid dienone is 2. The van der Waals surface area contributed by atoms with E-state index in [2.05, 4.69) is 0 Å². The van der Waals surface area contributed by atoms with Crippen LogP contribution in [0.3, 0.4) is 0 Å². The highest BCUT2D eigenvalue weighted by Gasteiger charge is 2.21. The van der Waals surface area contributed by atoms with Crippen molar-refractivity contribution in [2.45, 2.75) is 13.0 Å². The second-order valence-corrected chi connectivity index (χ2v) is 2.13. The smallest absolute Gasteiger partial charge is 0.184 e. The molecule has 0 spiro atoms. The summed E-state index contributed by atoms with van der Waals surface area (Å²) in [6.45, 7) is 1.79. The molecule has 0 aromatic rings. The van der Waals surface area contributed by atoms with Crippen molar-refractivity contribution in [1.29, 1.82) is 0 Å². The van der Waals surface area contributed by atoms with E-state index < -0.39 is 6.10 Å². The van der Waals surface area contributed by atoms with Crippen molar-refractivity contribution in [3.63, 3.8) is 0 Å². The first-order valence-corrected chi connectivity index (χ1v) is 3.27. The Kier molecular flexibility index (Phi) is 2.21. The van der Waals surface area contributed by atoms with E-state index >= 15 is 0 Å². The van der Waals surface area contributed by atoms with Crippen LogP contribution < -0.4 is 0 Å². The minimum absolute atomic E-state index is 0.218. The molecule has 0 radical (unpaired) electrons. The highest BCUT2D eigenvalue weighted by atomic mass is 16.5. The maximum Gasteiger partial charge on any atom is 0.184 e. The summed E-state index contributed by atoms with van der Waals surface area (Å²) in [5.41, 5.74) is 0.738. The third kappa shape index (κ3) is 1.37. The maximum atomic E-state index is 10.3. The summed E-state index contributed by atoms with van der Waals surface area (Å²) in [6.07, 6.45) is 3.98. The van der Waals surface area contributed by atoms with Crippen LogP contribution in [0.1, 0.15) is 6.92 Å². The fraction of sp³-hybridized carbons (Fsp3) is 0.250. The van der Waals surface area contributed by atoms with Gasteiger partial charge in [-0.05, 0) is 18.6 Å². The van der Waals surface area contributed by atoms with E-state index in [1.165, 1.54) is 0 Å². The lowest BCUT2D eigenvalue weighted by molar-refractivity contribution is -0.115. The lowest BCUT2D eigenvalue weighted by Gasteiger charge is -2.02. The van der Waals surface area contributed by atoms with Crippen LogP contribution in [0, 0.1) is 0 Å². The summed E-state index contributed by atoms with van der Waals surface area (Å²) in [6, 6.07) is 0. The second kappa shape index (κ2) is 3.14. The summed E-state index contributed by atoms with van der Waals surface area (Å²) < 4.78 is 4.92. The number of aldehydes is 2. The molecule has 0 N–H and O–H groups in total. The predicted octanol–water partition coefficient (Wildman–Crippen LogP) is 0.613. The van der Waals surface area contributed by atoms with Crippen molar-refractivity contribution in [3.8, 4) is 0 Å². The van der Waals surface area contributed by atoms with Gasteiger partial charge in [0.1, 0.15) is 0 Å². The molecule has 0 fully saturated rings. The number of hydrogen-bond acceptors (Lipinski definition) is 3. The molecule has 11 heavy (non-hydrogen) atoms. The Morgan fingerprint density at radius 3 is 2.64 bits per heavy atom. The molecule has 0 saturated carbocycles. The minimum Gasteiger partial charge on any atom is -0.475 e. The molecule has 0 aromatic heterocycles. The number of carbonyl (C=O) groups is 2. The van der Waals surface area contributed by atoms with Crippen LogP contribution in [0.4, 0.5) is 0 Å². The molecule has 3 heteroatoms. The van der Waals surface area contributed by atoms with Gasteiger partial charge in [0.2, 0.25) is 0 Å². The van der Waals surface area contributed by atoms with E-state index in [4.69, 9.17) is 4.74 Å². The average Bonchev–Trinajstić information content (AvgIpc) is 2.46. The first-order chi connectivity index (χ1) is 5.31. The molecule has 0 bridgehead atoms. The summed E-state index contributed by atoms with van der Waals surface area (Å²) in [7, 11) is 0. The van der Waals surface area contributed by atoms with Crippen molar-refractivity contribution in [2.75, 3.05) is 0 Å². The highest BCUT2D eigenvalue weighted by Crippen LogP contribution is 2.19. The quantitative estimate of drug-likeness (QED) is 0.544. The zero-order valence-corrected chi connectivity index (χ0v) is 6.11. The fourth-order valence-corrected chi connectivity index (χ4v) is 0.911. The van der Waals surface area contributed by atoms with E-state index in [-0.39, 0.29) is 5.76 Å². The molecule has 1 rings (SSSR count). The van der Waals surface area contributed by atoms with Crippen LogP contribution >= 0.6 is 0 Å². The van der Waals surface area contributed by atoms with Gasteiger partial charge in [-0.25, -0.2) is 0 Å². The van der Waals surface area contributed by atoms with Gasteiger partial charge < -0.3 is 4.74 Å². The summed E-state index contributed by atoms with van der Waals surface area (Å²) in [4.78, 5) is 20.5. The van der Waals surface area contributed by atoms with Gasteiger partial charge in [0, 0.05) is 0 Å². The first kappa shape index (κ1) is 7.72. The molecule has 1 heterocycles. The average molecular weight is 152 g/mol. The Morgan fingerprint density at radius 1 is 1.55 bits per heavy atom. The van der Waals surface area contributed by atoms with Crippen LogP contribution in [0.15, 0.2) is 23.5 Å². The molecular weight excluding hydrogens is 144 g/mol. The van der Waals surface area contributed by atoms with Gasteiger partial charge in [0.15, 0.2) is 24.4 Å². The highest BCUT2D eigenvalue weighted by molar-refractivity contribution is 5.77. The fourth-order valence-electron chi connectivity index (χ4n) is 0.911. The third-order valence-electron chi connectivity index (χ3n) is 1.47. The molecule has 3 nitrogen and oxygen atoms in total. The summed E-state index contributed by atoms with van der Waals surface area (Å²) >= 11 is 0. The maximum absolute atomic E-state index is 10.3. The van der Waals surface area contributed by atoms with E-state index in [0.717, 1.165) is 5.57 Å². The van der Waals surface area contributed by atoms with Gasteiger partial charge in [-0.3, -0.25) is 9.59 Å². The molecular formula is C8H8O3. The van der Waals surface area contributed by atoms with E-state index in [9.17, 15) is 9.59 Å². The number of rotatable bonds is 2. The van der Waals surface area contributed by atoms with Crippen molar-refractivity contribution < 1.29 is 14.3 Å². The molecule has 0 aromatic carbocycles. The van der Waals surface area contributed by atoms with Crippen molar-refractivity contribution in [3.05, 3.63) is 23.5 Å². The van der Waals surface area contributed by atoms with E-state index in [1.807, 2.05) is 0 Å².